The van der Waals surface area contributed by atoms with Crippen molar-refractivity contribution in [3.8, 4) is 5.75 Å². The van der Waals surface area contributed by atoms with Crippen LogP contribution in [-0.2, 0) is 0 Å². The predicted octanol–water partition coefficient (Wildman–Crippen LogP) is 3.08. The van der Waals surface area contributed by atoms with Crippen LogP contribution in [0.5, 0.6) is 5.75 Å². The van der Waals surface area contributed by atoms with Gasteiger partial charge in [-0.25, -0.2) is 0 Å². The number of phenols is 1. The highest BCUT2D eigenvalue weighted by Gasteiger charge is 2.41. The number of ketones is 1. The summed E-state index contributed by atoms with van der Waals surface area (Å²) in [7, 11) is 0. The maximum Gasteiger partial charge on any atom is 0.455 e. The Morgan fingerprint density at radius 1 is 1.44 bits per heavy atom. The van der Waals surface area contributed by atoms with E-state index >= 15 is 0 Å². The number of hydrogen-bond donors (Lipinski definition) is 1. The van der Waals surface area contributed by atoms with Crippen LogP contribution in [-0.4, -0.2) is 17.1 Å². The summed E-state index contributed by atoms with van der Waals surface area (Å²) < 4.78 is 36.4. The average Bonchev–Trinajstić information content (AvgIpc) is 2.16. The Morgan fingerprint density at radius 3 is 2.56 bits per heavy atom. The Labute approximate surface area is 86.7 Å². The number of azide groups is 1. The number of halogens is 3. The molecule has 0 radical (unpaired) electrons. The summed E-state index contributed by atoms with van der Waals surface area (Å²) >= 11 is 0. The van der Waals surface area contributed by atoms with Gasteiger partial charge in [0.2, 0.25) is 0 Å². The molecule has 0 saturated carbocycles. The molecule has 0 heterocycles. The number of rotatable bonds is 2. The van der Waals surface area contributed by atoms with Crippen molar-refractivity contribution in [1.29, 1.82) is 0 Å². The van der Waals surface area contributed by atoms with Crippen LogP contribution in [0.4, 0.5) is 18.9 Å². The molecule has 84 valence electrons. The molecule has 0 spiro atoms. The summed E-state index contributed by atoms with van der Waals surface area (Å²) in [5, 5.41) is 12.0. The van der Waals surface area contributed by atoms with Crippen LogP contribution in [0.3, 0.4) is 0 Å². The molecule has 0 atom stereocenters. The lowest BCUT2D eigenvalue weighted by Gasteiger charge is -2.08. The normalized spacial score (nSPS) is 10.7. The fourth-order valence-corrected chi connectivity index (χ4v) is 1.03. The minimum absolute atomic E-state index is 0.565. The molecule has 0 aromatic heterocycles. The number of alkyl halides is 3. The first kappa shape index (κ1) is 11.9. The Hall–Kier alpha value is -2.21. The maximum absolute atomic E-state index is 12.1. The third-order valence-electron chi connectivity index (χ3n) is 1.66. The molecule has 5 nitrogen and oxygen atoms in total. The third kappa shape index (κ3) is 2.23. The lowest BCUT2D eigenvalue weighted by Crippen LogP contribution is -2.22. The summed E-state index contributed by atoms with van der Waals surface area (Å²) in [5.41, 5.74) is 6.49. The van der Waals surface area contributed by atoms with Crippen molar-refractivity contribution in [2.75, 3.05) is 0 Å². The zero-order valence-electron chi connectivity index (χ0n) is 7.56. The summed E-state index contributed by atoms with van der Waals surface area (Å²) in [4.78, 5) is 13.2. The fourth-order valence-electron chi connectivity index (χ4n) is 1.03. The predicted molar refractivity (Wildman–Crippen MR) is 47.3 cm³/mol. The van der Waals surface area contributed by atoms with E-state index in [9.17, 15) is 18.0 Å². The van der Waals surface area contributed by atoms with Gasteiger partial charge in [-0.15, -0.1) is 0 Å². The van der Waals surface area contributed by atoms with Crippen LogP contribution in [0.15, 0.2) is 23.3 Å². The van der Waals surface area contributed by atoms with E-state index in [0.29, 0.717) is 0 Å². The second-order valence-corrected chi connectivity index (χ2v) is 2.69. The van der Waals surface area contributed by atoms with Crippen LogP contribution in [0.1, 0.15) is 10.4 Å². The lowest BCUT2D eigenvalue weighted by molar-refractivity contribution is -0.0886. The second kappa shape index (κ2) is 4.11. The van der Waals surface area contributed by atoms with Crippen molar-refractivity contribution >= 4 is 11.5 Å². The molecule has 0 amide bonds. The van der Waals surface area contributed by atoms with Crippen LogP contribution in [0.2, 0.25) is 0 Å². The molecule has 1 aromatic rings. The van der Waals surface area contributed by atoms with Crippen molar-refractivity contribution in [2.45, 2.75) is 6.18 Å². The van der Waals surface area contributed by atoms with E-state index in [4.69, 9.17) is 10.6 Å². The zero-order chi connectivity index (χ0) is 12.3. The summed E-state index contributed by atoms with van der Waals surface area (Å²) in [5.74, 6) is -3.14. The fraction of sp³-hybridized carbons (Fsp3) is 0.125. The van der Waals surface area contributed by atoms with E-state index in [-0.39, 0.29) is 0 Å². The molecule has 0 unspecified atom stereocenters. The number of carbonyl (C=O) groups excluding carboxylic acids is 1. The summed E-state index contributed by atoms with van der Waals surface area (Å²) in [6, 6.07) is 3.06. The number of Topliss-reactive ketones (excluding diaryl/α,β-unsaturated/α-hetero) is 1. The molecular weight excluding hydrogens is 227 g/mol. The van der Waals surface area contributed by atoms with E-state index in [1.807, 2.05) is 0 Å². The van der Waals surface area contributed by atoms with Crippen LogP contribution in [0, 0.1) is 0 Å². The Morgan fingerprint density at radius 2 is 2.06 bits per heavy atom. The van der Waals surface area contributed by atoms with Crippen molar-refractivity contribution < 1.29 is 23.1 Å². The van der Waals surface area contributed by atoms with Gasteiger partial charge >= 0.3 is 6.18 Å². The number of phenolic OH excluding ortho intramolecular Hbond substituents is 1. The van der Waals surface area contributed by atoms with E-state index in [2.05, 4.69) is 10.0 Å². The Balaban J connectivity index is 3.42. The molecule has 0 saturated heterocycles. The van der Waals surface area contributed by atoms with Gasteiger partial charge in [-0.05, 0) is 11.6 Å². The highest BCUT2D eigenvalue weighted by atomic mass is 19.4. The van der Waals surface area contributed by atoms with Gasteiger partial charge in [0.1, 0.15) is 5.75 Å². The second-order valence-electron chi connectivity index (χ2n) is 2.69. The minimum atomic E-state index is -5.14. The van der Waals surface area contributed by atoms with E-state index < -0.39 is 29.0 Å². The van der Waals surface area contributed by atoms with Gasteiger partial charge in [0.05, 0.1) is 11.3 Å². The average molecular weight is 231 g/mol. The number of hydrogen-bond acceptors (Lipinski definition) is 3. The quantitative estimate of drug-likeness (QED) is 0.367. The van der Waals surface area contributed by atoms with Gasteiger partial charge in [0.25, 0.3) is 5.78 Å². The van der Waals surface area contributed by atoms with Crippen molar-refractivity contribution in [1.82, 2.24) is 0 Å². The van der Waals surface area contributed by atoms with Crippen LogP contribution in [0.25, 0.3) is 10.4 Å². The Kier molecular flexibility index (Phi) is 3.05. The van der Waals surface area contributed by atoms with Gasteiger partial charge in [-0.1, -0.05) is 17.2 Å². The van der Waals surface area contributed by atoms with Gasteiger partial charge in [0.15, 0.2) is 0 Å². The van der Waals surface area contributed by atoms with Crippen molar-refractivity contribution in [3.05, 3.63) is 34.2 Å². The first-order valence-electron chi connectivity index (χ1n) is 3.86. The smallest absolute Gasteiger partial charge is 0.455 e. The van der Waals surface area contributed by atoms with Gasteiger partial charge in [-0.2, -0.15) is 13.2 Å². The first-order chi connectivity index (χ1) is 7.38. The number of aromatic hydroxyl groups is 1. The molecular formula is C8H4F3N3O2. The zero-order valence-corrected chi connectivity index (χ0v) is 7.56. The maximum atomic E-state index is 12.1. The molecule has 0 aliphatic rings. The summed E-state index contributed by atoms with van der Waals surface area (Å²) in [6.07, 6.45) is -5.14. The van der Waals surface area contributed by atoms with Gasteiger partial charge in [0, 0.05) is 4.91 Å². The van der Waals surface area contributed by atoms with Crippen molar-refractivity contribution in [3.63, 3.8) is 0 Å². The molecule has 1 aromatic carbocycles. The standard InChI is InChI=1S/C8H4F3N3O2/c9-8(10,11)7(16)6-4(13-14-12)2-1-3-5(6)15/h1-3,15H. The number of nitrogens with zero attached hydrogens (tertiary/aromatic N) is 3. The van der Waals surface area contributed by atoms with Crippen LogP contribution < -0.4 is 0 Å². The van der Waals surface area contributed by atoms with Crippen LogP contribution >= 0.6 is 0 Å². The van der Waals surface area contributed by atoms with Gasteiger partial charge in [-0.3, -0.25) is 4.79 Å². The van der Waals surface area contributed by atoms with E-state index in [1.165, 1.54) is 0 Å². The molecule has 1 N–H and O–H groups in total. The number of carbonyl (C=O) groups is 1. The first-order valence-corrected chi connectivity index (χ1v) is 3.86. The molecule has 16 heavy (non-hydrogen) atoms. The molecule has 0 aliphatic heterocycles. The molecule has 8 heteroatoms. The SMILES string of the molecule is [N-]=[N+]=Nc1cccc(O)c1C(=O)C(F)(F)F. The van der Waals surface area contributed by atoms with Crippen molar-refractivity contribution in [2.24, 2.45) is 5.11 Å². The monoisotopic (exact) mass is 231 g/mol. The molecule has 0 aliphatic carbocycles. The largest absolute Gasteiger partial charge is 0.507 e. The highest BCUT2D eigenvalue weighted by molar-refractivity contribution is 6.06. The topological polar surface area (TPSA) is 86.1 Å². The molecule has 0 bridgehead atoms. The third-order valence-corrected chi connectivity index (χ3v) is 1.66. The Bertz CT molecular complexity index is 478. The minimum Gasteiger partial charge on any atom is -0.507 e. The molecule has 0 fully saturated rings. The highest BCUT2D eigenvalue weighted by Crippen LogP contribution is 2.33. The number of benzene rings is 1. The lowest BCUT2D eigenvalue weighted by atomic mass is 10.1. The van der Waals surface area contributed by atoms with E-state index in [1.54, 1.807) is 0 Å². The molecule has 1 rings (SSSR count). The van der Waals surface area contributed by atoms with Gasteiger partial charge < -0.3 is 5.11 Å². The summed E-state index contributed by atoms with van der Waals surface area (Å²) in [6.45, 7) is 0. The van der Waals surface area contributed by atoms with E-state index in [0.717, 1.165) is 18.2 Å².